The molecule has 0 fully saturated rings. The number of amides is 1. The molecule has 0 spiro atoms. The first kappa shape index (κ1) is 22.8. The van der Waals surface area contributed by atoms with E-state index in [4.69, 9.17) is 0 Å². The van der Waals surface area contributed by atoms with Gasteiger partial charge in [0, 0.05) is 14.1 Å². The lowest BCUT2D eigenvalue weighted by Gasteiger charge is -2.28. The molecule has 1 N–H and O–H groups in total. The smallest absolute Gasteiger partial charge is 0.304 e. The molecule has 1 amide bonds. The number of benzene rings is 2. The fourth-order valence-corrected chi connectivity index (χ4v) is 3.99. The predicted molar refractivity (Wildman–Crippen MR) is 113 cm³/mol. The van der Waals surface area contributed by atoms with Crippen LogP contribution in [0.5, 0.6) is 0 Å². The third-order valence-corrected chi connectivity index (χ3v) is 6.63. The van der Waals surface area contributed by atoms with Crippen molar-refractivity contribution in [1.29, 1.82) is 0 Å². The second-order valence-corrected chi connectivity index (χ2v) is 9.19. The second-order valence-electron chi connectivity index (χ2n) is 7.12. The molecule has 2 rings (SSSR count). The van der Waals surface area contributed by atoms with E-state index < -0.39 is 28.5 Å². The molecule has 8 heteroatoms. The van der Waals surface area contributed by atoms with Crippen LogP contribution in [0.1, 0.15) is 36.1 Å². The van der Waals surface area contributed by atoms with E-state index in [0.717, 1.165) is 31.4 Å². The van der Waals surface area contributed by atoms with Crippen LogP contribution in [0, 0.1) is 19.7 Å². The number of hydrogen-bond acceptors (Lipinski definition) is 3. The van der Waals surface area contributed by atoms with Crippen LogP contribution in [0.3, 0.4) is 0 Å². The van der Waals surface area contributed by atoms with Crippen LogP contribution < -0.4 is 9.62 Å². The van der Waals surface area contributed by atoms with E-state index in [1.54, 1.807) is 0 Å². The van der Waals surface area contributed by atoms with Crippen LogP contribution in [0.2, 0.25) is 0 Å². The highest BCUT2D eigenvalue weighted by Gasteiger charge is 2.29. The quantitative estimate of drug-likeness (QED) is 0.711. The highest BCUT2D eigenvalue weighted by atomic mass is 32.2. The van der Waals surface area contributed by atoms with E-state index in [-0.39, 0.29) is 11.7 Å². The molecule has 0 saturated heterocycles. The summed E-state index contributed by atoms with van der Waals surface area (Å²) < 4.78 is 41.5. The van der Waals surface area contributed by atoms with Gasteiger partial charge in [0.25, 0.3) is 0 Å². The van der Waals surface area contributed by atoms with E-state index in [1.165, 1.54) is 32.3 Å². The molecule has 0 bridgehead atoms. The molecule has 0 aliphatic carbocycles. The minimum Gasteiger partial charge on any atom is -0.348 e. The molecule has 1 atom stereocenters. The summed E-state index contributed by atoms with van der Waals surface area (Å²) in [6.07, 6.45) is 0.633. The van der Waals surface area contributed by atoms with Crippen molar-refractivity contribution in [1.82, 2.24) is 9.62 Å². The SMILES string of the molecule is CCC(NC(=O)CN(c1ccccc1F)S(=O)(=O)N(C)C)c1ccc(C)c(C)c1. The maximum Gasteiger partial charge on any atom is 0.304 e. The number of nitrogens with one attached hydrogen (secondary N) is 1. The maximum atomic E-state index is 14.3. The lowest BCUT2D eigenvalue weighted by Crippen LogP contribution is -2.46. The standard InChI is InChI=1S/C21H28FN3O3S/c1-6-19(17-12-11-15(2)16(3)13-17)23-21(26)14-25(29(27,28)24(4)5)20-10-8-7-9-18(20)22/h7-13,19H,6,14H2,1-5H3,(H,23,26). The Kier molecular flexibility index (Phi) is 7.37. The Bertz CT molecular complexity index is 977. The van der Waals surface area contributed by atoms with E-state index in [0.29, 0.717) is 6.42 Å². The van der Waals surface area contributed by atoms with Gasteiger partial charge < -0.3 is 5.32 Å². The summed E-state index contributed by atoms with van der Waals surface area (Å²) in [5.41, 5.74) is 3.03. The lowest BCUT2D eigenvalue weighted by molar-refractivity contribution is -0.120. The highest BCUT2D eigenvalue weighted by Crippen LogP contribution is 2.24. The second kappa shape index (κ2) is 9.37. The molecule has 0 aromatic heterocycles. The van der Waals surface area contributed by atoms with Gasteiger partial charge in [0.05, 0.1) is 11.7 Å². The Morgan fingerprint density at radius 1 is 1.10 bits per heavy atom. The van der Waals surface area contributed by atoms with Crippen molar-refractivity contribution in [2.45, 2.75) is 33.2 Å². The van der Waals surface area contributed by atoms with Crippen molar-refractivity contribution >= 4 is 21.8 Å². The van der Waals surface area contributed by atoms with Crippen molar-refractivity contribution in [2.24, 2.45) is 0 Å². The molecule has 158 valence electrons. The minimum atomic E-state index is -4.06. The summed E-state index contributed by atoms with van der Waals surface area (Å²) in [5, 5.41) is 2.87. The molecule has 1 unspecified atom stereocenters. The van der Waals surface area contributed by atoms with Crippen LogP contribution in [0.15, 0.2) is 42.5 Å². The summed E-state index contributed by atoms with van der Waals surface area (Å²) >= 11 is 0. The number of carbonyl (C=O) groups is 1. The number of para-hydroxylation sites is 1. The summed E-state index contributed by atoms with van der Waals surface area (Å²) in [4.78, 5) is 12.7. The average Bonchev–Trinajstić information content (AvgIpc) is 2.67. The van der Waals surface area contributed by atoms with E-state index in [2.05, 4.69) is 5.32 Å². The molecule has 0 saturated carbocycles. The van der Waals surface area contributed by atoms with E-state index in [1.807, 2.05) is 39.0 Å². The Balaban J connectivity index is 2.29. The molecule has 6 nitrogen and oxygen atoms in total. The molecule has 0 aliphatic heterocycles. The number of hydrogen-bond donors (Lipinski definition) is 1. The molecular weight excluding hydrogens is 393 g/mol. The Morgan fingerprint density at radius 2 is 1.76 bits per heavy atom. The maximum absolute atomic E-state index is 14.3. The van der Waals surface area contributed by atoms with Gasteiger partial charge in [0.15, 0.2) is 0 Å². The highest BCUT2D eigenvalue weighted by molar-refractivity contribution is 7.90. The number of carbonyl (C=O) groups excluding carboxylic acids is 1. The van der Waals surface area contributed by atoms with Crippen LogP contribution >= 0.6 is 0 Å². The number of aryl methyl sites for hydroxylation is 2. The van der Waals surface area contributed by atoms with Crippen LogP contribution in [0.4, 0.5) is 10.1 Å². The van der Waals surface area contributed by atoms with Crippen LogP contribution in [0.25, 0.3) is 0 Å². The van der Waals surface area contributed by atoms with Crippen molar-refractivity contribution in [3.63, 3.8) is 0 Å². The van der Waals surface area contributed by atoms with Crippen LogP contribution in [-0.4, -0.2) is 39.3 Å². The Labute approximate surface area is 172 Å². The zero-order chi connectivity index (χ0) is 21.8. The number of rotatable bonds is 8. The summed E-state index contributed by atoms with van der Waals surface area (Å²) in [6, 6.07) is 11.2. The number of nitrogens with zero attached hydrogens (tertiary/aromatic N) is 2. The van der Waals surface area contributed by atoms with Gasteiger partial charge >= 0.3 is 10.2 Å². The Morgan fingerprint density at radius 3 is 2.31 bits per heavy atom. The van der Waals surface area contributed by atoms with Gasteiger partial charge in [-0.2, -0.15) is 12.7 Å². The van der Waals surface area contributed by atoms with Crippen molar-refractivity contribution in [3.8, 4) is 0 Å². The zero-order valence-corrected chi connectivity index (χ0v) is 18.3. The van der Waals surface area contributed by atoms with E-state index in [9.17, 15) is 17.6 Å². The largest absolute Gasteiger partial charge is 0.348 e. The fourth-order valence-electron chi connectivity index (χ4n) is 2.92. The first-order chi connectivity index (χ1) is 13.6. The van der Waals surface area contributed by atoms with Crippen LogP contribution in [-0.2, 0) is 15.0 Å². The van der Waals surface area contributed by atoms with E-state index >= 15 is 0 Å². The number of halogens is 1. The monoisotopic (exact) mass is 421 g/mol. The summed E-state index contributed by atoms with van der Waals surface area (Å²) in [6.45, 7) is 5.42. The molecule has 0 heterocycles. The number of anilines is 1. The molecule has 0 radical (unpaired) electrons. The lowest BCUT2D eigenvalue weighted by atomic mass is 9.99. The molecule has 0 aliphatic rings. The topological polar surface area (TPSA) is 69.7 Å². The molecule has 2 aromatic carbocycles. The van der Waals surface area contributed by atoms with Gasteiger partial charge in [-0.05, 0) is 49.1 Å². The van der Waals surface area contributed by atoms with Crippen molar-refractivity contribution < 1.29 is 17.6 Å². The zero-order valence-electron chi connectivity index (χ0n) is 17.4. The van der Waals surface area contributed by atoms with Gasteiger partial charge in [-0.15, -0.1) is 0 Å². The first-order valence-electron chi connectivity index (χ1n) is 9.39. The summed E-state index contributed by atoms with van der Waals surface area (Å²) in [7, 11) is -1.39. The van der Waals surface area contributed by atoms with Gasteiger partial charge in [-0.3, -0.25) is 4.79 Å². The third kappa shape index (κ3) is 5.33. The van der Waals surface area contributed by atoms with Gasteiger partial charge in [0.1, 0.15) is 12.4 Å². The average molecular weight is 422 g/mol. The van der Waals surface area contributed by atoms with Gasteiger partial charge in [-0.1, -0.05) is 37.3 Å². The summed E-state index contributed by atoms with van der Waals surface area (Å²) in [5.74, 6) is -1.23. The fraction of sp³-hybridized carbons (Fsp3) is 0.381. The Hall–Kier alpha value is -2.45. The molecule has 29 heavy (non-hydrogen) atoms. The normalized spacial score (nSPS) is 12.7. The van der Waals surface area contributed by atoms with Crippen molar-refractivity contribution in [3.05, 3.63) is 65.0 Å². The van der Waals surface area contributed by atoms with Gasteiger partial charge in [-0.25, -0.2) is 8.70 Å². The third-order valence-electron chi connectivity index (χ3n) is 4.83. The molecular formula is C21H28FN3O3S. The first-order valence-corrected chi connectivity index (χ1v) is 10.8. The van der Waals surface area contributed by atoms with Gasteiger partial charge in [0.2, 0.25) is 5.91 Å². The molecule has 2 aromatic rings. The van der Waals surface area contributed by atoms with Crippen molar-refractivity contribution in [2.75, 3.05) is 24.9 Å². The minimum absolute atomic E-state index is 0.171. The predicted octanol–water partition coefficient (Wildman–Crippen LogP) is 3.32.